The number of nitrogens with one attached hydrogen (secondary N) is 1. The molecule has 0 aliphatic carbocycles. The predicted molar refractivity (Wildman–Crippen MR) is 191 cm³/mol. The summed E-state index contributed by atoms with van der Waals surface area (Å²) >= 11 is 6.25. The molecule has 2 heterocycles. The van der Waals surface area contributed by atoms with Gasteiger partial charge in [-0.2, -0.15) is 4.98 Å². The van der Waals surface area contributed by atoms with Crippen molar-refractivity contribution in [2.45, 2.75) is 17.8 Å². The van der Waals surface area contributed by atoms with E-state index in [4.69, 9.17) is 20.5 Å². The molecule has 1 aromatic heterocycles. The normalized spacial score (nSPS) is 18.1. The molecule has 3 unspecified atom stereocenters. The van der Waals surface area contributed by atoms with Crippen LogP contribution in [0.25, 0.3) is 0 Å². The maximum atomic E-state index is 13.9. The van der Waals surface area contributed by atoms with Gasteiger partial charge in [-0.05, 0) is 60.2 Å². The number of anilines is 1. The Balaban J connectivity index is 1.48. The third kappa shape index (κ3) is 7.31. The minimum absolute atomic E-state index is 0.0474. The van der Waals surface area contributed by atoms with Crippen LogP contribution in [-0.4, -0.2) is 65.0 Å². The molecule has 4 aromatic carbocycles. The van der Waals surface area contributed by atoms with Crippen LogP contribution in [0.15, 0.2) is 138 Å². The van der Waals surface area contributed by atoms with Crippen molar-refractivity contribution < 1.29 is 18.6 Å². The fraction of sp³-hybridized carbons (Fsp3) is 0.216. The lowest BCUT2D eigenvalue weighted by atomic mass is 9.74. The number of benzene rings is 4. The number of rotatable bonds is 11. The van der Waals surface area contributed by atoms with Crippen molar-refractivity contribution in [3.05, 3.63) is 166 Å². The van der Waals surface area contributed by atoms with Gasteiger partial charge in [0.05, 0.1) is 24.9 Å². The standard InChI is InChI=1S/C37H37ClN5O5P/c1-41(2)49(38,46)48-26-32-25-43(34(27-47-32)42-24-23-33(40-36(42)45)39-35(44)28-15-7-3-8-16-28)37(29-17-9-4-10-18-29,30-19-11-5-12-20-30)31-21-13-6-14-22-31/h3-24,32,34H,25-27H2,1-2H3,(H,39,40,44,45). The highest BCUT2D eigenvalue weighted by molar-refractivity contribution is 7.83. The summed E-state index contributed by atoms with van der Waals surface area (Å²) in [6.07, 6.45) is 0.387. The summed E-state index contributed by atoms with van der Waals surface area (Å²) in [5, 5.41) is 2.73. The molecule has 1 fully saturated rings. The fourth-order valence-electron chi connectivity index (χ4n) is 6.21. The molecule has 1 N–H and O–H groups in total. The van der Waals surface area contributed by atoms with Crippen LogP contribution in [0.1, 0.15) is 33.2 Å². The van der Waals surface area contributed by atoms with Gasteiger partial charge in [-0.15, -0.1) is 0 Å². The van der Waals surface area contributed by atoms with Crippen LogP contribution in [0.4, 0.5) is 5.82 Å². The van der Waals surface area contributed by atoms with Crippen molar-refractivity contribution in [3.63, 3.8) is 0 Å². The van der Waals surface area contributed by atoms with Gasteiger partial charge in [-0.3, -0.25) is 18.8 Å². The maximum absolute atomic E-state index is 13.9. The second-order valence-electron chi connectivity index (χ2n) is 11.8. The Morgan fingerprint density at radius 2 is 1.41 bits per heavy atom. The number of aromatic nitrogens is 2. The minimum atomic E-state index is -3.58. The van der Waals surface area contributed by atoms with Crippen molar-refractivity contribution >= 4 is 29.8 Å². The van der Waals surface area contributed by atoms with E-state index in [0.29, 0.717) is 5.56 Å². The van der Waals surface area contributed by atoms with Crippen LogP contribution in [0.2, 0.25) is 0 Å². The first-order chi connectivity index (χ1) is 23.7. The van der Waals surface area contributed by atoms with Crippen LogP contribution >= 0.6 is 18.1 Å². The molecule has 10 nitrogen and oxygen atoms in total. The van der Waals surface area contributed by atoms with Crippen LogP contribution in [0, 0.1) is 0 Å². The van der Waals surface area contributed by atoms with Gasteiger partial charge < -0.3 is 14.6 Å². The fourth-order valence-corrected chi connectivity index (χ4v) is 6.96. The van der Waals surface area contributed by atoms with E-state index in [1.807, 2.05) is 60.7 Å². The van der Waals surface area contributed by atoms with E-state index < -0.39 is 30.4 Å². The molecular weight excluding hydrogens is 661 g/mol. The van der Waals surface area contributed by atoms with Crippen molar-refractivity contribution in [2.75, 3.05) is 39.2 Å². The van der Waals surface area contributed by atoms with Gasteiger partial charge in [0.2, 0.25) is 0 Å². The zero-order chi connectivity index (χ0) is 34.4. The molecule has 0 spiro atoms. The molecular formula is C37H37ClN5O5P. The zero-order valence-electron chi connectivity index (χ0n) is 27.1. The molecule has 6 rings (SSSR count). The summed E-state index contributed by atoms with van der Waals surface area (Å²) in [6, 6.07) is 40.6. The average Bonchev–Trinajstić information content (AvgIpc) is 3.13. The summed E-state index contributed by atoms with van der Waals surface area (Å²) < 4.78 is 27.9. The second-order valence-corrected chi connectivity index (χ2v) is 15.1. The Labute approximate surface area is 290 Å². The van der Waals surface area contributed by atoms with E-state index in [-0.39, 0.29) is 31.5 Å². The van der Waals surface area contributed by atoms with Gasteiger partial charge in [0.15, 0.2) is 0 Å². The summed E-state index contributed by atoms with van der Waals surface area (Å²) in [6.45, 7) is -3.31. The molecule has 0 bridgehead atoms. The lowest BCUT2D eigenvalue weighted by molar-refractivity contribution is -0.126. The van der Waals surface area contributed by atoms with Gasteiger partial charge in [0, 0.05) is 18.3 Å². The van der Waals surface area contributed by atoms with Crippen LogP contribution < -0.4 is 11.0 Å². The van der Waals surface area contributed by atoms with Crippen LogP contribution in [0.3, 0.4) is 0 Å². The third-order valence-electron chi connectivity index (χ3n) is 8.57. The summed E-state index contributed by atoms with van der Waals surface area (Å²) in [7, 11) is 3.18. The highest BCUT2D eigenvalue weighted by atomic mass is 35.7. The van der Waals surface area contributed by atoms with Crippen LogP contribution in [0.5, 0.6) is 0 Å². The Morgan fingerprint density at radius 1 is 0.898 bits per heavy atom. The van der Waals surface area contributed by atoms with Crippen LogP contribution in [-0.2, 0) is 19.4 Å². The molecule has 1 amide bonds. The predicted octanol–water partition coefficient (Wildman–Crippen LogP) is 6.61. The summed E-state index contributed by atoms with van der Waals surface area (Å²) in [5.74, 6) is -0.243. The smallest absolute Gasteiger partial charge is 0.362 e. The largest absolute Gasteiger partial charge is 0.371 e. The Morgan fingerprint density at radius 3 is 1.90 bits per heavy atom. The lowest BCUT2D eigenvalue weighted by Gasteiger charge is -2.52. The maximum Gasteiger partial charge on any atom is 0.362 e. The quantitative estimate of drug-likeness (QED) is 0.121. The molecule has 3 atom stereocenters. The van der Waals surface area contributed by atoms with E-state index in [1.54, 1.807) is 50.6 Å². The first kappa shape index (κ1) is 34.5. The topological polar surface area (TPSA) is 106 Å². The summed E-state index contributed by atoms with van der Waals surface area (Å²) in [5.41, 5.74) is 1.82. The Hall–Kier alpha value is -4.41. The SMILES string of the molecule is CN(C)P(=O)(Cl)OCC1CN(C(c2ccccc2)(c2ccccc2)c2ccccc2)C(n2ccc(NC(=O)c3ccccc3)nc2=O)CO1. The number of morpholine rings is 1. The van der Waals surface area contributed by atoms with Crippen molar-refractivity contribution in [3.8, 4) is 0 Å². The van der Waals surface area contributed by atoms with Gasteiger partial charge in [-0.25, -0.2) is 9.46 Å². The number of carbonyl (C=O) groups is 1. The molecule has 12 heteroatoms. The Bertz CT molecular complexity index is 1870. The molecule has 0 radical (unpaired) electrons. The minimum Gasteiger partial charge on any atom is -0.371 e. The number of nitrogens with zero attached hydrogens (tertiary/aromatic N) is 4. The first-order valence-electron chi connectivity index (χ1n) is 15.8. The number of hydrogen-bond acceptors (Lipinski definition) is 7. The summed E-state index contributed by atoms with van der Waals surface area (Å²) in [4.78, 5) is 33.2. The zero-order valence-corrected chi connectivity index (χ0v) is 28.8. The molecule has 1 aliphatic rings. The molecule has 0 saturated carbocycles. The average molecular weight is 698 g/mol. The highest BCUT2D eigenvalue weighted by Crippen LogP contribution is 2.54. The first-order valence-corrected chi connectivity index (χ1v) is 18.3. The number of carbonyl (C=O) groups excluding carboxylic acids is 1. The van der Waals surface area contributed by atoms with E-state index in [9.17, 15) is 14.2 Å². The molecule has 1 aliphatic heterocycles. The Kier molecular flexibility index (Phi) is 10.6. The number of amides is 1. The molecule has 252 valence electrons. The molecule has 49 heavy (non-hydrogen) atoms. The second kappa shape index (κ2) is 15.0. The van der Waals surface area contributed by atoms with Crippen molar-refractivity contribution in [2.24, 2.45) is 0 Å². The number of hydrogen-bond donors (Lipinski definition) is 1. The van der Waals surface area contributed by atoms with Gasteiger partial charge in [0.1, 0.15) is 12.0 Å². The lowest BCUT2D eigenvalue weighted by Crippen LogP contribution is -2.59. The van der Waals surface area contributed by atoms with Crippen molar-refractivity contribution in [1.29, 1.82) is 0 Å². The van der Waals surface area contributed by atoms with Gasteiger partial charge in [-0.1, -0.05) is 109 Å². The van der Waals surface area contributed by atoms with E-state index in [0.717, 1.165) is 16.7 Å². The number of halogens is 1. The monoisotopic (exact) mass is 697 g/mol. The number of ether oxygens (including phenoxy) is 1. The molecule has 1 saturated heterocycles. The van der Waals surface area contributed by atoms with E-state index in [1.165, 1.54) is 9.24 Å². The third-order valence-corrected chi connectivity index (χ3v) is 11.2. The highest BCUT2D eigenvalue weighted by Gasteiger charge is 2.49. The van der Waals surface area contributed by atoms with Crippen molar-refractivity contribution in [1.82, 2.24) is 19.1 Å². The van der Waals surface area contributed by atoms with Gasteiger partial charge >= 0.3 is 12.6 Å². The molecule has 5 aromatic rings. The van der Waals surface area contributed by atoms with E-state index >= 15 is 0 Å². The van der Waals surface area contributed by atoms with E-state index in [2.05, 4.69) is 51.6 Å². The van der Waals surface area contributed by atoms with Gasteiger partial charge in [0.25, 0.3) is 5.91 Å².